The zero-order valence-corrected chi connectivity index (χ0v) is 12.6. The average Bonchev–Trinajstić information content (AvgIpc) is 3.08. The number of thiophene rings is 1. The third-order valence-corrected chi connectivity index (χ3v) is 4.24. The first-order valence-corrected chi connectivity index (χ1v) is 7.46. The van der Waals surface area contributed by atoms with Crippen LogP contribution in [-0.2, 0) is 0 Å². The first kappa shape index (κ1) is 14.1. The molecule has 2 aromatic heterocycles. The van der Waals surface area contributed by atoms with Gasteiger partial charge in [-0.2, -0.15) is 5.26 Å². The Labute approximate surface area is 131 Å². The third-order valence-electron chi connectivity index (χ3n) is 3.33. The van der Waals surface area contributed by atoms with E-state index < -0.39 is 0 Å². The molecule has 1 aromatic carbocycles. The van der Waals surface area contributed by atoms with Gasteiger partial charge in [0.05, 0.1) is 7.11 Å². The van der Waals surface area contributed by atoms with Crippen molar-refractivity contribution < 1.29 is 4.74 Å². The molecule has 4 nitrogen and oxygen atoms in total. The van der Waals surface area contributed by atoms with E-state index >= 15 is 0 Å². The minimum absolute atomic E-state index is 0.139. The van der Waals surface area contributed by atoms with Crippen molar-refractivity contribution in [1.82, 2.24) is 4.98 Å². The van der Waals surface area contributed by atoms with Gasteiger partial charge in [-0.15, -0.1) is 11.3 Å². The molecule has 0 aliphatic rings. The summed E-state index contributed by atoms with van der Waals surface area (Å²) in [5.41, 5.74) is 1.96. The van der Waals surface area contributed by atoms with E-state index in [-0.39, 0.29) is 11.1 Å². The molecule has 5 heteroatoms. The van der Waals surface area contributed by atoms with Crippen molar-refractivity contribution in [3.63, 3.8) is 0 Å². The zero-order chi connectivity index (χ0) is 15.5. The lowest BCUT2D eigenvalue weighted by Crippen LogP contribution is -2.12. The van der Waals surface area contributed by atoms with Crippen LogP contribution in [0.15, 0.2) is 52.6 Å². The number of methoxy groups -OCH3 is 1. The number of benzene rings is 1. The molecule has 2 heterocycles. The van der Waals surface area contributed by atoms with Gasteiger partial charge in [0.15, 0.2) is 0 Å². The topological polar surface area (TPSA) is 65.9 Å². The van der Waals surface area contributed by atoms with E-state index in [0.717, 1.165) is 16.2 Å². The first-order valence-electron chi connectivity index (χ1n) is 6.58. The fourth-order valence-corrected chi connectivity index (χ4v) is 2.97. The summed E-state index contributed by atoms with van der Waals surface area (Å²) < 4.78 is 5.13. The first-order chi connectivity index (χ1) is 10.7. The van der Waals surface area contributed by atoms with Gasteiger partial charge in [0.2, 0.25) is 0 Å². The normalized spacial score (nSPS) is 10.2. The molecule has 0 aliphatic carbocycles. The summed E-state index contributed by atoms with van der Waals surface area (Å²) in [4.78, 5) is 15.9. The minimum atomic E-state index is -0.376. The number of rotatable bonds is 3. The van der Waals surface area contributed by atoms with Crippen molar-refractivity contribution in [1.29, 1.82) is 5.26 Å². The van der Waals surface area contributed by atoms with E-state index in [2.05, 4.69) is 4.98 Å². The maximum absolute atomic E-state index is 12.2. The van der Waals surface area contributed by atoms with E-state index in [4.69, 9.17) is 4.74 Å². The summed E-state index contributed by atoms with van der Waals surface area (Å²) in [6.07, 6.45) is 0. The van der Waals surface area contributed by atoms with Crippen LogP contribution in [0.2, 0.25) is 0 Å². The lowest BCUT2D eigenvalue weighted by molar-refractivity contribution is 0.415. The Morgan fingerprint density at radius 2 is 2.00 bits per heavy atom. The third kappa shape index (κ3) is 2.52. The fourth-order valence-electron chi connectivity index (χ4n) is 2.22. The minimum Gasteiger partial charge on any atom is -0.497 e. The second-order valence-corrected chi connectivity index (χ2v) is 5.57. The van der Waals surface area contributed by atoms with Crippen LogP contribution in [0.5, 0.6) is 5.75 Å². The van der Waals surface area contributed by atoms with E-state index in [1.807, 2.05) is 53.9 Å². The number of aromatic amines is 1. The molecule has 22 heavy (non-hydrogen) atoms. The molecule has 0 saturated carbocycles. The van der Waals surface area contributed by atoms with Crippen molar-refractivity contribution in [3.05, 3.63) is 63.8 Å². The van der Waals surface area contributed by atoms with Crippen LogP contribution in [0.1, 0.15) is 5.56 Å². The number of nitrogens with one attached hydrogen (secondary N) is 1. The van der Waals surface area contributed by atoms with Crippen molar-refractivity contribution in [2.45, 2.75) is 0 Å². The summed E-state index contributed by atoms with van der Waals surface area (Å²) in [6.45, 7) is 0. The maximum atomic E-state index is 12.2. The second-order valence-electron chi connectivity index (χ2n) is 4.62. The molecule has 0 saturated heterocycles. The number of ether oxygens (including phenoxy) is 1. The van der Waals surface area contributed by atoms with Crippen molar-refractivity contribution in [2.75, 3.05) is 7.11 Å². The van der Waals surface area contributed by atoms with Gasteiger partial charge >= 0.3 is 0 Å². The molecular weight excluding hydrogens is 296 g/mol. The molecule has 0 radical (unpaired) electrons. The second kappa shape index (κ2) is 5.88. The van der Waals surface area contributed by atoms with Gasteiger partial charge in [-0.1, -0.05) is 6.07 Å². The van der Waals surface area contributed by atoms with Gasteiger partial charge < -0.3 is 9.72 Å². The Balaban J connectivity index is 2.18. The van der Waals surface area contributed by atoms with Crippen LogP contribution < -0.4 is 10.3 Å². The molecule has 0 unspecified atom stereocenters. The lowest BCUT2D eigenvalue weighted by atomic mass is 10.0. The number of pyridine rings is 1. The van der Waals surface area contributed by atoms with Gasteiger partial charge in [-0.05, 0) is 47.3 Å². The fraction of sp³-hybridized carbons (Fsp3) is 0.0588. The molecule has 1 N–H and O–H groups in total. The van der Waals surface area contributed by atoms with Gasteiger partial charge in [-0.25, -0.2) is 0 Å². The van der Waals surface area contributed by atoms with E-state index in [1.165, 1.54) is 11.3 Å². The predicted molar refractivity (Wildman–Crippen MR) is 87.1 cm³/mol. The molecule has 0 spiro atoms. The molecule has 0 bridgehead atoms. The Bertz CT molecular complexity index is 888. The number of nitriles is 1. The SMILES string of the molecule is COc1ccc(-c2cc(-c3cccs3)c(C#N)c(=O)[nH]2)cc1. The lowest BCUT2D eigenvalue weighted by Gasteiger charge is -2.07. The molecule has 0 atom stereocenters. The summed E-state index contributed by atoms with van der Waals surface area (Å²) in [5, 5.41) is 11.2. The molecule has 108 valence electrons. The van der Waals surface area contributed by atoms with Gasteiger partial charge in [0, 0.05) is 16.1 Å². The highest BCUT2D eigenvalue weighted by Gasteiger charge is 2.13. The zero-order valence-electron chi connectivity index (χ0n) is 11.8. The molecule has 0 fully saturated rings. The van der Waals surface area contributed by atoms with Crippen LogP contribution in [0, 0.1) is 11.3 Å². The van der Waals surface area contributed by atoms with Crippen molar-refractivity contribution in [3.8, 4) is 33.5 Å². The number of nitrogens with zero attached hydrogens (tertiary/aromatic N) is 1. The number of hydrogen-bond acceptors (Lipinski definition) is 4. The highest BCUT2D eigenvalue weighted by molar-refractivity contribution is 7.13. The smallest absolute Gasteiger partial charge is 0.267 e. The van der Waals surface area contributed by atoms with Crippen LogP contribution in [0.4, 0.5) is 0 Å². The van der Waals surface area contributed by atoms with E-state index in [9.17, 15) is 10.1 Å². The van der Waals surface area contributed by atoms with Crippen molar-refractivity contribution in [2.24, 2.45) is 0 Å². The summed E-state index contributed by atoms with van der Waals surface area (Å²) in [5.74, 6) is 0.748. The van der Waals surface area contributed by atoms with E-state index in [0.29, 0.717) is 11.3 Å². The highest BCUT2D eigenvalue weighted by Crippen LogP contribution is 2.29. The monoisotopic (exact) mass is 308 g/mol. The Hall–Kier alpha value is -2.84. The average molecular weight is 308 g/mol. The Morgan fingerprint density at radius 1 is 1.23 bits per heavy atom. The van der Waals surface area contributed by atoms with Gasteiger partial charge in [0.1, 0.15) is 17.4 Å². The standard InChI is InChI=1S/C17H12N2O2S/c1-21-12-6-4-11(5-7-12)15-9-13(16-3-2-8-22-16)14(10-18)17(20)19-15/h2-9H,1H3,(H,19,20). The number of aromatic nitrogens is 1. The van der Waals surface area contributed by atoms with Crippen LogP contribution in [0.3, 0.4) is 0 Å². The maximum Gasteiger partial charge on any atom is 0.267 e. The van der Waals surface area contributed by atoms with Crippen molar-refractivity contribution >= 4 is 11.3 Å². The number of H-pyrrole nitrogens is 1. The summed E-state index contributed by atoms with van der Waals surface area (Å²) >= 11 is 1.50. The van der Waals surface area contributed by atoms with Crippen LogP contribution >= 0.6 is 11.3 Å². The highest BCUT2D eigenvalue weighted by atomic mass is 32.1. The molecule has 3 rings (SSSR count). The largest absolute Gasteiger partial charge is 0.497 e. The van der Waals surface area contributed by atoms with Gasteiger partial charge in [0.25, 0.3) is 5.56 Å². The number of hydrogen-bond donors (Lipinski definition) is 1. The summed E-state index contributed by atoms with van der Waals surface area (Å²) in [6, 6.07) is 15.0. The van der Waals surface area contributed by atoms with Crippen LogP contribution in [-0.4, -0.2) is 12.1 Å². The quantitative estimate of drug-likeness (QED) is 0.803. The molecule has 3 aromatic rings. The predicted octanol–water partition coefficient (Wildman–Crippen LogP) is 3.65. The Kier molecular flexibility index (Phi) is 3.77. The van der Waals surface area contributed by atoms with E-state index in [1.54, 1.807) is 7.11 Å². The Morgan fingerprint density at radius 3 is 2.59 bits per heavy atom. The molecular formula is C17H12N2O2S. The molecule has 0 amide bonds. The molecule has 0 aliphatic heterocycles. The van der Waals surface area contributed by atoms with Crippen LogP contribution in [0.25, 0.3) is 21.7 Å². The summed E-state index contributed by atoms with van der Waals surface area (Å²) in [7, 11) is 1.60. The van der Waals surface area contributed by atoms with Gasteiger partial charge in [-0.3, -0.25) is 4.79 Å².